The van der Waals surface area contributed by atoms with Crippen LogP contribution in [0.1, 0.15) is 12.8 Å². The van der Waals surface area contributed by atoms with Crippen LogP contribution in [0, 0.1) is 0 Å². The molecule has 1 aliphatic carbocycles. The maximum Gasteiger partial charge on any atom is 0.0737 e. The summed E-state index contributed by atoms with van der Waals surface area (Å²) in [5.41, 5.74) is 2.10. The second kappa shape index (κ2) is 4.63. The Morgan fingerprint density at radius 1 is 1.39 bits per heavy atom. The van der Waals surface area contributed by atoms with Gasteiger partial charge in [0, 0.05) is 33.6 Å². The number of nitrogens with zero attached hydrogens (tertiary/aromatic N) is 1. The van der Waals surface area contributed by atoms with E-state index in [-0.39, 0.29) is 0 Å². The van der Waals surface area contributed by atoms with Crippen molar-refractivity contribution in [1.82, 2.24) is 4.98 Å². The highest BCUT2D eigenvalue weighted by Crippen LogP contribution is 2.47. The zero-order valence-corrected chi connectivity index (χ0v) is 11.8. The van der Waals surface area contributed by atoms with Crippen molar-refractivity contribution in [2.24, 2.45) is 0 Å². The number of nitrogens with one attached hydrogen (secondary N) is 1. The fourth-order valence-electron chi connectivity index (χ4n) is 2.12. The Labute approximate surface area is 116 Å². The zero-order valence-electron chi connectivity index (χ0n) is 10.2. The largest absolute Gasteiger partial charge is 0.383 e. The number of rotatable bonds is 4. The van der Waals surface area contributed by atoms with Gasteiger partial charge in [-0.15, -0.1) is 0 Å². The lowest BCUT2D eigenvalue weighted by molar-refractivity contribution is 0.950. The van der Waals surface area contributed by atoms with Gasteiger partial charge in [0.15, 0.2) is 0 Å². The average molecular weight is 279 g/mol. The molecule has 0 aliphatic heterocycles. The van der Waals surface area contributed by atoms with Gasteiger partial charge in [-0.1, -0.05) is 11.6 Å². The molecule has 0 atom stereocenters. The summed E-state index contributed by atoms with van der Waals surface area (Å²) in [7, 11) is 0. The minimum Gasteiger partial charge on any atom is -0.383 e. The highest BCUT2D eigenvalue weighted by Gasteiger charge is 2.41. The molecule has 0 saturated heterocycles. The molecule has 1 aromatic heterocycles. The Morgan fingerprint density at radius 3 is 2.94 bits per heavy atom. The van der Waals surface area contributed by atoms with Crippen molar-refractivity contribution in [1.29, 1.82) is 0 Å². The second-order valence-corrected chi connectivity index (χ2v) is 6.47. The molecule has 0 unspecified atom stereocenters. The number of thioether (sulfide) groups is 1. The van der Waals surface area contributed by atoms with Crippen LogP contribution in [-0.4, -0.2) is 22.5 Å². The lowest BCUT2D eigenvalue weighted by Gasteiger charge is -2.15. The van der Waals surface area contributed by atoms with Crippen LogP contribution in [0.25, 0.3) is 10.9 Å². The smallest absolute Gasteiger partial charge is 0.0737 e. The van der Waals surface area contributed by atoms with Gasteiger partial charge in [-0.3, -0.25) is 4.98 Å². The molecule has 1 heterocycles. The first-order valence-corrected chi connectivity index (χ1v) is 7.66. The van der Waals surface area contributed by atoms with Crippen LogP contribution in [0.3, 0.4) is 0 Å². The van der Waals surface area contributed by atoms with E-state index in [1.165, 1.54) is 12.8 Å². The van der Waals surface area contributed by atoms with Gasteiger partial charge in [-0.05, 0) is 43.4 Å². The number of anilines is 1. The molecular formula is C14H15ClN2S. The summed E-state index contributed by atoms with van der Waals surface area (Å²) in [6.45, 7) is 1.02. The highest BCUT2D eigenvalue weighted by atomic mass is 35.5. The minimum atomic E-state index is 0.460. The minimum absolute atomic E-state index is 0.460. The molecule has 0 bridgehead atoms. The Kier molecular flexibility index (Phi) is 3.12. The Balaban J connectivity index is 1.87. The van der Waals surface area contributed by atoms with Crippen molar-refractivity contribution >= 4 is 40.0 Å². The fraction of sp³-hybridized carbons (Fsp3) is 0.357. The van der Waals surface area contributed by atoms with Gasteiger partial charge in [0.1, 0.15) is 0 Å². The normalized spacial score (nSPS) is 16.8. The fourth-order valence-corrected chi connectivity index (χ4v) is 3.02. The number of halogens is 1. The van der Waals surface area contributed by atoms with Crippen LogP contribution in [0.4, 0.5) is 5.69 Å². The van der Waals surface area contributed by atoms with Crippen molar-refractivity contribution in [3.63, 3.8) is 0 Å². The maximum absolute atomic E-state index is 5.99. The summed E-state index contributed by atoms with van der Waals surface area (Å²) in [5, 5.41) is 5.43. The van der Waals surface area contributed by atoms with Gasteiger partial charge >= 0.3 is 0 Å². The molecule has 0 spiro atoms. The number of hydrogen-bond donors (Lipinski definition) is 1. The summed E-state index contributed by atoms with van der Waals surface area (Å²) < 4.78 is 0.460. The highest BCUT2D eigenvalue weighted by molar-refractivity contribution is 8.00. The predicted molar refractivity (Wildman–Crippen MR) is 80.7 cm³/mol. The molecule has 0 radical (unpaired) electrons. The van der Waals surface area contributed by atoms with Gasteiger partial charge in [0.25, 0.3) is 0 Å². The van der Waals surface area contributed by atoms with Gasteiger partial charge < -0.3 is 5.32 Å². The van der Waals surface area contributed by atoms with E-state index in [0.29, 0.717) is 4.75 Å². The molecular weight excluding hydrogens is 264 g/mol. The van der Waals surface area contributed by atoms with Crippen LogP contribution in [0.5, 0.6) is 0 Å². The Hall–Kier alpha value is -0.930. The van der Waals surface area contributed by atoms with Crippen molar-refractivity contribution in [2.45, 2.75) is 17.6 Å². The van der Waals surface area contributed by atoms with Gasteiger partial charge in [0.2, 0.25) is 0 Å². The second-order valence-electron chi connectivity index (χ2n) is 4.76. The zero-order chi connectivity index (χ0) is 12.6. The first-order chi connectivity index (χ1) is 8.72. The summed E-state index contributed by atoms with van der Waals surface area (Å²) in [5.74, 6) is 0. The molecule has 1 fully saturated rings. The molecule has 1 saturated carbocycles. The van der Waals surface area contributed by atoms with Crippen molar-refractivity contribution < 1.29 is 0 Å². The van der Waals surface area contributed by atoms with Crippen molar-refractivity contribution in [3.8, 4) is 0 Å². The van der Waals surface area contributed by atoms with E-state index in [1.54, 1.807) is 0 Å². The molecule has 3 rings (SSSR count). The predicted octanol–water partition coefficient (Wildman–Crippen LogP) is 4.20. The van der Waals surface area contributed by atoms with E-state index >= 15 is 0 Å². The molecule has 1 N–H and O–H groups in total. The van der Waals surface area contributed by atoms with Gasteiger partial charge in [-0.25, -0.2) is 0 Å². The van der Waals surface area contributed by atoms with E-state index in [0.717, 1.165) is 28.2 Å². The third kappa shape index (κ3) is 2.29. The molecule has 0 amide bonds. The van der Waals surface area contributed by atoms with E-state index < -0.39 is 0 Å². The van der Waals surface area contributed by atoms with Gasteiger partial charge in [0.05, 0.1) is 5.52 Å². The Bertz CT molecular complexity index is 581. The number of pyridine rings is 1. The molecule has 18 heavy (non-hydrogen) atoms. The third-order valence-corrected chi connectivity index (χ3v) is 5.20. The number of hydrogen-bond acceptors (Lipinski definition) is 3. The first-order valence-electron chi connectivity index (χ1n) is 6.06. The number of fused-ring (bicyclic) bond motifs is 1. The third-order valence-electron chi connectivity index (χ3n) is 3.55. The summed E-state index contributed by atoms with van der Waals surface area (Å²) in [4.78, 5) is 4.35. The summed E-state index contributed by atoms with van der Waals surface area (Å²) in [6, 6.07) is 7.89. The lowest BCUT2D eigenvalue weighted by Crippen LogP contribution is -2.17. The number of aromatic nitrogens is 1. The van der Waals surface area contributed by atoms with Crippen LogP contribution in [-0.2, 0) is 0 Å². The monoisotopic (exact) mass is 278 g/mol. The summed E-state index contributed by atoms with van der Waals surface area (Å²) >= 11 is 7.96. The van der Waals surface area contributed by atoms with Crippen molar-refractivity contribution in [3.05, 3.63) is 35.5 Å². The molecule has 2 nitrogen and oxygen atoms in total. The standard InChI is InChI=1S/C14H15ClN2S/c1-18-14(5-6-14)9-17-12-4-7-16-13-8-10(15)2-3-11(12)13/h2-4,7-8H,5-6,9H2,1H3,(H,16,17). The average Bonchev–Trinajstić information content (AvgIpc) is 3.16. The van der Waals surface area contributed by atoms with Crippen molar-refractivity contribution in [2.75, 3.05) is 18.1 Å². The Morgan fingerprint density at radius 2 is 2.22 bits per heavy atom. The quantitative estimate of drug-likeness (QED) is 0.907. The van der Waals surface area contributed by atoms with E-state index in [9.17, 15) is 0 Å². The first kappa shape index (κ1) is 12.1. The molecule has 4 heteroatoms. The van der Waals surface area contributed by atoms with E-state index in [4.69, 9.17) is 11.6 Å². The van der Waals surface area contributed by atoms with Crippen LogP contribution in [0.15, 0.2) is 30.5 Å². The van der Waals surface area contributed by atoms with E-state index in [1.807, 2.05) is 42.2 Å². The maximum atomic E-state index is 5.99. The molecule has 1 aromatic carbocycles. The number of benzene rings is 1. The topological polar surface area (TPSA) is 24.9 Å². The molecule has 94 valence electrons. The van der Waals surface area contributed by atoms with Gasteiger partial charge in [-0.2, -0.15) is 11.8 Å². The SMILES string of the molecule is CSC1(CNc2ccnc3cc(Cl)ccc23)CC1. The van der Waals surface area contributed by atoms with E-state index in [2.05, 4.69) is 16.6 Å². The molecule has 1 aliphatic rings. The molecule has 2 aromatic rings. The van der Waals surface area contributed by atoms with Crippen LogP contribution < -0.4 is 5.32 Å². The van der Waals surface area contributed by atoms with Crippen LogP contribution in [0.2, 0.25) is 5.02 Å². The lowest BCUT2D eigenvalue weighted by atomic mass is 10.2. The summed E-state index contributed by atoms with van der Waals surface area (Å²) in [6.07, 6.45) is 6.66. The van der Waals surface area contributed by atoms with Crippen LogP contribution >= 0.6 is 23.4 Å².